The first-order chi connectivity index (χ1) is 18.6. The van der Waals surface area contributed by atoms with Gasteiger partial charge in [0.25, 0.3) is 0 Å². The summed E-state index contributed by atoms with van der Waals surface area (Å²) < 4.78 is 92.6. The zero-order valence-electron chi connectivity index (χ0n) is 22.0. The van der Waals surface area contributed by atoms with Gasteiger partial charge in [-0.2, -0.15) is 0 Å². The second-order valence-electron chi connectivity index (χ2n) is 10.2. The fourth-order valence-corrected chi connectivity index (χ4v) is 5.44. The molecule has 39 heavy (non-hydrogen) atoms. The molecule has 0 unspecified atom stereocenters. The second-order valence-corrected chi connectivity index (χ2v) is 10.2. The van der Waals surface area contributed by atoms with E-state index in [-0.39, 0.29) is 34.1 Å². The molecule has 1 fully saturated rings. The summed E-state index contributed by atoms with van der Waals surface area (Å²) in [6.45, 7) is 3.71. The SMILES string of the molecule is CCCCCC1CCC(c2c(F)cc(C)c(Oc3ccccc3-c3ccc(OC(F)(F)F)c(F)c3)c2F)CC1. The van der Waals surface area contributed by atoms with Crippen LogP contribution in [0.15, 0.2) is 48.5 Å². The molecule has 3 aromatic rings. The molecule has 0 saturated heterocycles. The van der Waals surface area contributed by atoms with Gasteiger partial charge < -0.3 is 9.47 Å². The first-order valence-corrected chi connectivity index (χ1v) is 13.4. The molecule has 0 heterocycles. The normalized spacial score (nSPS) is 17.7. The third kappa shape index (κ3) is 7.08. The molecule has 3 aromatic carbocycles. The molecule has 1 aliphatic rings. The summed E-state index contributed by atoms with van der Waals surface area (Å²) in [4.78, 5) is 0. The van der Waals surface area contributed by atoms with Gasteiger partial charge >= 0.3 is 6.36 Å². The number of para-hydroxylation sites is 1. The zero-order chi connectivity index (χ0) is 28.2. The van der Waals surface area contributed by atoms with Crippen molar-refractivity contribution >= 4 is 0 Å². The Kier molecular flexibility index (Phi) is 9.13. The molecule has 0 aliphatic heterocycles. The quantitative estimate of drug-likeness (QED) is 0.195. The monoisotopic (exact) mass is 550 g/mol. The van der Waals surface area contributed by atoms with E-state index in [4.69, 9.17) is 4.74 Å². The molecule has 0 spiro atoms. The molecular formula is C31H32F6O2. The lowest BCUT2D eigenvalue weighted by Gasteiger charge is -2.30. The third-order valence-electron chi connectivity index (χ3n) is 7.43. The molecule has 1 aliphatic carbocycles. The highest BCUT2D eigenvalue weighted by Crippen LogP contribution is 2.44. The molecule has 0 amide bonds. The Balaban J connectivity index is 1.59. The van der Waals surface area contributed by atoms with E-state index < -0.39 is 29.6 Å². The molecule has 2 nitrogen and oxygen atoms in total. The number of unbranched alkanes of at least 4 members (excludes halogenated alkanes) is 2. The molecule has 8 heteroatoms. The molecule has 0 N–H and O–H groups in total. The highest BCUT2D eigenvalue weighted by Gasteiger charge is 2.33. The van der Waals surface area contributed by atoms with Crippen LogP contribution in [0.2, 0.25) is 0 Å². The van der Waals surface area contributed by atoms with Gasteiger partial charge in [0.05, 0.1) is 0 Å². The number of hydrogen-bond donors (Lipinski definition) is 0. The van der Waals surface area contributed by atoms with Crippen LogP contribution in [-0.4, -0.2) is 6.36 Å². The number of hydrogen-bond acceptors (Lipinski definition) is 2. The zero-order valence-corrected chi connectivity index (χ0v) is 22.0. The van der Waals surface area contributed by atoms with Crippen LogP contribution in [-0.2, 0) is 0 Å². The van der Waals surface area contributed by atoms with E-state index in [0.29, 0.717) is 24.3 Å². The maximum Gasteiger partial charge on any atom is 0.573 e. The van der Waals surface area contributed by atoms with Gasteiger partial charge in [0.2, 0.25) is 0 Å². The van der Waals surface area contributed by atoms with E-state index in [1.165, 1.54) is 31.0 Å². The van der Waals surface area contributed by atoms with Gasteiger partial charge in [-0.1, -0.05) is 56.9 Å². The van der Waals surface area contributed by atoms with Gasteiger partial charge in [0, 0.05) is 11.1 Å². The van der Waals surface area contributed by atoms with Crippen molar-refractivity contribution in [2.75, 3.05) is 0 Å². The lowest BCUT2D eigenvalue weighted by molar-refractivity contribution is -0.275. The van der Waals surface area contributed by atoms with Crippen LogP contribution >= 0.6 is 0 Å². The van der Waals surface area contributed by atoms with Gasteiger partial charge in [-0.3, -0.25) is 0 Å². The predicted octanol–water partition coefficient (Wildman–Crippen LogP) is 10.6. The fourth-order valence-electron chi connectivity index (χ4n) is 5.44. The smallest absolute Gasteiger partial charge is 0.453 e. The summed E-state index contributed by atoms with van der Waals surface area (Å²) in [7, 11) is 0. The van der Waals surface area contributed by atoms with Crippen LogP contribution in [0.1, 0.15) is 75.3 Å². The van der Waals surface area contributed by atoms with Crippen LogP contribution < -0.4 is 9.47 Å². The highest BCUT2D eigenvalue weighted by molar-refractivity contribution is 5.71. The Morgan fingerprint density at radius 1 is 0.846 bits per heavy atom. The van der Waals surface area contributed by atoms with Crippen molar-refractivity contribution in [2.24, 2.45) is 5.92 Å². The summed E-state index contributed by atoms with van der Waals surface area (Å²) in [5, 5.41) is 0. The van der Waals surface area contributed by atoms with Crippen molar-refractivity contribution in [2.45, 2.75) is 77.5 Å². The Hall–Kier alpha value is -3.16. The van der Waals surface area contributed by atoms with E-state index >= 15 is 8.78 Å². The van der Waals surface area contributed by atoms with E-state index in [9.17, 15) is 17.6 Å². The summed E-state index contributed by atoms with van der Waals surface area (Å²) in [5.74, 6) is -3.16. The van der Waals surface area contributed by atoms with Gasteiger partial charge in [-0.05, 0) is 79.8 Å². The van der Waals surface area contributed by atoms with Crippen molar-refractivity contribution in [1.29, 1.82) is 0 Å². The number of benzene rings is 3. The number of halogens is 6. The average molecular weight is 551 g/mol. The van der Waals surface area contributed by atoms with Crippen LogP contribution in [0.25, 0.3) is 11.1 Å². The molecule has 0 bridgehead atoms. The second kappa shape index (κ2) is 12.3. The molecule has 0 radical (unpaired) electrons. The first kappa shape index (κ1) is 28.8. The predicted molar refractivity (Wildman–Crippen MR) is 139 cm³/mol. The highest BCUT2D eigenvalue weighted by atomic mass is 19.4. The maximum atomic E-state index is 15.9. The van der Waals surface area contributed by atoms with Crippen molar-refractivity contribution in [1.82, 2.24) is 0 Å². The third-order valence-corrected chi connectivity index (χ3v) is 7.43. The summed E-state index contributed by atoms with van der Waals surface area (Å²) in [5.41, 5.74) is 0.823. The Morgan fingerprint density at radius 2 is 1.56 bits per heavy atom. The van der Waals surface area contributed by atoms with Crippen LogP contribution in [0, 0.1) is 30.3 Å². The largest absolute Gasteiger partial charge is 0.573 e. The van der Waals surface area contributed by atoms with Crippen molar-refractivity contribution in [3.8, 4) is 28.4 Å². The number of alkyl halides is 3. The van der Waals surface area contributed by atoms with Gasteiger partial charge in [0.1, 0.15) is 11.6 Å². The standard InChI is InChI=1S/C31H32F6O2/c1-3-4-5-8-20-11-13-21(14-12-20)28-25(33)17-19(2)30(29(28)34)38-26-10-7-6-9-23(26)22-15-16-27(24(32)18-22)39-31(35,36)37/h6-7,9-10,15-18,20-21H,3-5,8,11-14H2,1-2H3. The van der Waals surface area contributed by atoms with Crippen molar-refractivity contribution in [3.63, 3.8) is 0 Å². The van der Waals surface area contributed by atoms with E-state index in [1.54, 1.807) is 25.1 Å². The van der Waals surface area contributed by atoms with Crippen molar-refractivity contribution < 1.29 is 35.8 Å². The van der Waals surface area contributed by atoms with Crippen molar-refractivity contribution in [3.05, 3.63) is 77.1 Å². The Morgan fingerprint density at radius 3 is 2.23 bits per heavy atom. The lowest BCUT2D eigenvalue weighted by atomic mass is 9.76. The van der Waals surface area contributed by atoms with E-state index in [1.807, 2.05) is 0 Å². The van der Waals surface area contributed by atoms with Crippen LogP contribution in [0.3, 0.4) is 0 Å². The van der Waals surface area contributed by atoms with Crippen LogP contribution in [0.4, 0.5) is 26.3 Å². The summed E-state index contributed by atoms with van der Waals surface area (Å²) in [6.07, 6.45) is 2.92. The molecule has 210 valence electrons. The van der Waals surface area contributed by atoms with Gasteiger partial charge in [-0.15, -0.1) is 13.2 Å². The minimum absolute atomic E-state index is 0.0276. The number of ether oxygens (including phenoxy) is 2. The summed E-state index contributed by atoms with van der Waals surface area (Å²) >= 11 is 0. The van der Waals surface area contributed by atoms with Crippen LogP contribution in [0.5, 0.6) is 17.2 Å². The molecule has 4 rings (SSSR count). The van der Waals surface area contributed by atoms with Gasteiger partial charge in [0.15, 0.2) is 23.1 Å². The molecular weight excluding hydrogens is 518 g/mol. The Labute approximate surface area is 225 Å². The average Bonchev–Trinajstić information content (AvgIpc) is 2.88. The number of rotatable bonds is 9. The Bertz CT molecular complexity index is 1280. The minimum Gasteiger partial charge on any atom is -0.453 e. The first-order valence-electron chi connectivity index (χ1n) is 13.4. The fraction of sp³-hybridized carbons (Fsp3) is 0.419. The lowest BCUT2D eigenvalue weighted by Crippen LogP contribution is -2.17. The molecule has 0 aromatic heterocycles. The minimum atomic E-state index is -5.03. The molecule has 1 saturated carbocycles. The molecule has 0 atom stereocenters. The maximum absolute atomic E-state index is 15.9. The summed E-state index contributed by atoms with van der Waals surface area (Å²) in [6, 6.07) is 10.7. The van der Waals surface area contributed by atoms with Gasteiger partial charge in [-0.25, -0.2) is 13.2 Å². The number of aryl methyl sites for hydroxylation is 1. The van der Waals surface area contributed by atoms with E-state index in [2.05, 4.69) is 11.7 Å². The topological polar surface area (TPSA) is 18.5 Å². The van der Waals surface area contributed by atoms with E-state index in [0.717, 1.165) is 37.8 Å².